The highest BCUT2D eigenvalue weighted by Crippen LogP contribution is 2.44. The van der Waals surface area contributed by atoms with E-state index in [1.165, 1.54) is 106 Å². The molecule has 14 aromatic rings. The Bertz CT molecular complexity index is 4190. The lowest BCUT2D eigenvalue weighted by Gasteiger charge is -2.14. The molecule has 4 aromatic heterocycles. The van der Waals surface area contributed by atoms with E-state index in [1.54, 1.807) is 0 Å². The van der Waals surface area contributed by atoms with Gasteiger partial charge in [0.05, 0.1) is 21.4 Å². The summed E-state index contributed by atoms with van der Waals surface area (Å²) in [6.45, 7) is 0. The van der Waals surface area contributed by atoms with Crippen LogP contribution in [0.4, 0.5) is 0 Å². The van der Waals surface area contributed by atoms with Crippen LogP contribution < -0.4 is 0 Å². The van der Waals surface area contributed by atoms with Crippen molar-refractivity contribution >= 4 is 112 Å². The van der Waals surface area contributed by atoms with E-state index in [2.05, 4.69) is 211 Å². The molecule has 63 heavy (non-hydrogen) atoms. The van der Waals surface area contributed by atoms with Crippen LogP contribution in [0.25, 0.3) is 134 Å². The Balaban J connectivity index is 0.885. The van der Waals surface area contributed by atoms with Gasteiger partial charge in [-0.3, -0.25) is 4.40 Å². The topological polar surface area (TPSA) is 17.3 Å². The quantitative estimate of drug-likeness (QED) is 0.173. The Morgan fingerprint density at radius 2 is 0.873 bits per heavy atom. The summed E-state index contributed by atoms with van der Waals surface area (Å²) in [7, 11) is 0. The summed E-state index contributed by atoms with van der Waals surface area (Å²) in [5, 5.41) is 12.6. The lowest BCUT2D eigenvalue weighted by atomic mass is 9.91. The van der Waals surface area contributed by atoms with E-state index in [0.29, 0.717) is 0 Å². The molecule has 14 rings (SSSR count). The summed E-state index contributed by atoms with van der Waals surface area (Å²) in [6.07, 6.45) is 0. The fourth-order valence-electron chi connectivity index (χ4n) is 10.1. The number of pyridine rings is 1. The second-order valence-electron chi connectivity index (χ2n) is 16.7. The molecule has 0 spiro atoms. The van der Waals surface area contributed by atoms with E-state index in [1.807, 2.05) is 22.7 Å². The highest BCUT2D eigenvalue weighted by Gasteiger charge is 2.20. The van der Waals surface area contributed by atoms with Gasteiger partial charge in [-0.2, -0.15) is 0 Å². The number of nitrogens with zero attached hydrogens (tertiary/aromatic N) is 2. The van der Waals surface area contributed by atoms with E-state index in [0.717, 1.165) is 27.9 Å². The van der Waals surface area contributed by atoms with Crippen LogP contribution >= 0.6 is 22.7 Å². The second-order valence-corrected chi connectivity index (χ2v) is 18.8. The lowest BCUT2D eigenvalue weighted by Crippen LogP contribution is -1.93. The molecule has 0 bridgehead atoms. The van der Waals surface area contributed by atoms with Gasteiger partial charge in [0.25, 0.3) is 0 Å². The van der Waals surface area contributed by atoms with Crippen LogP contribution in [-0.2, 0) is 0 Å². The molecule has 0 aliphatic carbocycles. The average molecular weight is 835 g/mol. The Labute approximate surface area is 370 Å². The first-order chi connectivity index (χ1) is 31.2. The number of rotatable bonds is 4. The summed E-state index contributed by atoms with van der Waals surface area (Å²) in [4.78, 5) is 5.39. The zero-order valence-corrected chi connectivity index (χ0v) is 35.5. The van der Waals surface area contributed by atoms with Gasteiger partial charge in [0.15, 0.2) is 5.65 Å². The highest BCUT2D eigenvalue weighted by molar-refractivity contribution is 7.27. The van der Waals surface area contributed by atoms with Gasteiger partial charge in [-0.15, -0.1) is 22.7 Å². The van der Waals surface area contributed by atoms with E-state index in [-0.39, 0.29) is 0 Å². The molecule has 10 aromatic carbocycles. The molecule has 0 saturated carbocycles. The van der Waals surface area contributed by atoms with Crippen molar-refractivity contribution in [2.75, 3.05) is 0 Å². The van der Waals surface area contributed by atoms with Crippen molar-refractivity contribution in [1.29, 1.82) is 0 Å². The summed E-state index contributed by atoms with van der Waals surface area (Å²) in [5.74, 6) is 0. The van der Waals surface area contributed by atoms with Crippen molar-refractivity contribution in [3.8, 4) is 44.6 Å². The van der Waals surface area contributed by atoms with Crippen molar-refractivity contribution in [1.82, 2.24) is 9.38 Å². The van der Waals surface area contributed by atoms with Gasteiger partial charge in [0.2, 0.25) is 0 Å². The minimum absolute atomic E-state index is 1.01. The van der Waals surface area contributed by atoms with Crippen LogP contribution in [0.2, 0.25) is 0 Å². The third kappa shape index (κ3) is 5.32. The lowest BCUT2D eigenvalue weighted by molar-refractivity contribution is 1.25. The summed E-state index contributed by atoms with van der Waals surface area (Å²) >= 11 is 3.73. The third-order valence-electron chi connectivity index (χ3n) is 13.2. The van der Waals surface area contributed by atoms with Gasteiger partial charge < -0.3 is 0 Å². The molecule has 0 radical (unpaired) electrons. The van der Waals surface area contributed by atoms with Crippen LogP contribution in [0.3, 0.4) is 0 Å². The van der Waals surface area contributed by atoms with Gasteiger partial charge >= 0.3 is 0 Å². The summed E-state index contributed by atoms with van der Waals surface area (Å²) in [6, 6.07) is 76.2. The molecule has 4 heterocycles. The smallest absolute Gasteiger partial charge is 0.156 e. The van der Waals surface area contributed by atoms with Crippen LogP contribution in [0.1, 0.15) is 0 Å². The van der Waals surface area contributed by atoms with Crippen LogP contribution in [0.5, 0.6) is 0 Å². The largest absolute Gasteiger partial charge is 0.291 e. The van der Waals surface area contributed by atoms with Crippen LogP contribution in [0, 0.1) is 0 Å². The molecule has 0 unspecified atom stereocenters. The fraction of sp³-hybridized carbons (Fsp3) is 0. The van der Waals surface area contributed by atoms with Crippen molar-refractivity contribution in [3.63, 3.8) is 0 Å². The molecule has 292 valence electrons. The minimum atomic E-state index is 1.01. The zero-order valence-electron chi connectivity index (χ0n) is 33.8. The molecule has 0 N–H and O–H groups in total. The first-order valence-electron chi connectivity index (χ1n) is 21.4. The first kappa shape index (κ1) is 35.0. The maximum absolute atomic E-state index is 5.39. The number of benzene rings is 10. The molecule has 0 aliphatic heterocycles. The molecule has 0 amide bonds. The van der Waals surface area contributed by atoms with Crippen molar-refractivity contribution in [2.24, 2.45) is 0 Å². The van der Waals surface area contributed by atoms with Gasteiger partial charge in [-0.25, -0.2) is 4.98 Å². The van der Waals surface area contributed by atoms with Crippen LogP contribution in [0.15, 0.2) is 206 Å². The molecule has 0 saturated heterocycles. The number of fused-ring (bicyclic) bond motifs is 13. The highest BCUT2D eigenvalue weighted by atomic mass is 32.1. The van der Waals surface area contributed by atoms with E-state index in [4.69, 9.17) is 4.98 Å². The van der Waals surface area contributed by atoms with Gasteiger partial charge in [0, 0.05) is 35.6 Å². The van der Waals surface area contributed by atoms with Crippen molar-refractivity contribution < 1.29 is 0 Å². The average Bonchev–Trinajstić information content (AvgIpc) is 4.03. The molecule has 0 atom stereocenters. The number of thiophene rings is 2. The van der Waals surface area contributed by atoms with E-state index in [9.17, 15) is 0 Å². The summed E-state index contributed by atoms with van der Waals surface area (Å²) < 4.78 is 7.57. The Morgan fingerprint density at radius 3 is 1.57 bits per heavy atom. The number of imidazole rings is 1. The maximum atomic E-state index is 5.39. The minimum Gasteiger partial charge on any atom is -0.291 e. The predicted octanol–water partition coefficient (Wildman–Crippen LogP) is 17.4. The maximum Gasteiger partial charge on any atom is 0.156 e. The standard InChI is InChI=1S/C59H34N2S2/c1-4-13-42-33-56-50(30-39(42)10-1)51-34-53(61-54-32-41-12-3-2-11-40(41)31-52(54)60-59(61)58(51)63-56)38-26-24-36(25-27-38)44-29-28-43(46-14-5-6-15-47(44)46)35-20-22-37(23-21-35)45-17-9-18-49-48-16-7-8-19-55(48)62-57(45)49/h1-34H. The van der Waals surface area contributed by atoms with Crippen molar-refractivity contribution in [2.45, 2.75) is 0 Å². The Morgan fingerprint density at radius 1 is 0.333 bits per heavy atom. The SMILES string of the molecule is c1ccc2cc3c(cc2c1)nc1c2sc4cc5ccccc5cc4c2cc(-c2ccc(-c4ccc(-c5ccc(-c6cccc7c6sc6ccccc67)cc5)c5ccccc45)cc2)n31. The van der Waals surface area contributed by atoms with Gasteiger partial charge in [0.1, 0.15) is 0 Å². The third-order valence-corrected chi connectivity index (χ3v) is 15.6. The normalized spacial score (nSPS) is 12.1. The molecule has 0 fully saturated rings. The Hall–Kier alpha value is -7.63. The van der Waals surface area contributed by atoms with Crippen molar-refractivity contribution in [3.05, 3.63) is 206 Å². The van der Waals surface area contributed by atoms with E-state index < -0.39 is 0 Å². The molecule has 0 aliphatic rings. The molecule has 4 heteroatoms. The zero-order chi connectivity index (χ0) is 41.2. The monoisotopic (exact) mass is 834 g/mol. The Kier molecular flexibility index (Phi) is 7.47. The second kappa shape index (κ2) is 13.4. The number of hydrogen-bond acceptors (Lipinski definition) is 3. The predicted molar refractivity (Wildman–Crippen MR) is 273 cm³/mol. The first-order valence-corrected chi connectivity index (χ1v) is 23.1. The summed E-state index contributed by atoms with van der Waals surface area (Å²) in [5.41, 5.74) is 12.8. The van der Waals surface area contributed by atoms with Gasteiger partial charge in [-0.1, -0.05) is 170 Å². The fourth-order valence-corrected chi connectivity index (χ4v) is 12.5. The van der Waals surface area contributed by atoms with Gasteiger partial charge in [-0.05, 0) is 108 Å². The molecule has 2 nitrogen and oxygen atoms in total. The molecular formula is C59H34N2S2. The molecular weight excluding hydrogens is 801 g/mol. The van der Waals surface area contributed by atoms with E-state index >= 15 is 0 Å². The number of hydrogen-bond donors (Lipinski definition) is 0. The number of aromatic nitrogens is 2. The van der Waals surface area contributed by atoms with Crippen LogP contribution in [-0.4, -0.2) is 9.38 Å².